The van der Waals surface area contributed by atoms with Crippen LogP contribution in [-0.4, -0.2) is 15.3 Å². The topological polar surface area (TPSA) is 46.4 Å². The summed E-state index contributed by atoms with van der Waals surface area (Å²) in [6.45, 7) is 2.00. The lowest BCUT2D eigenvalue weighted by Crippen LogP contribution is -2.17. The Labute approximate surface area is 172 Å². The minimum absolute atomic E-state index is 0.0752. The first-order chi connectivity index (χ1) is 13.5. The highest BCUT2D eigenvalue weighted by molar-refractivity contribution is 6.36. The van der Waals surface area contributed by atoms with Crippen LogP contribution in [0.25, 0.3) is 16.9 Å². The molecule has 140 valence electrons. The summed E-state index contributed by atoms with van der Waals surface area (Å²) in [6.07, 6.45) is 2.03. The van der Waals surface area contributed by atoms with Gasteiger partial charge in [-0.15, -0.1) is 0 Å². The number of benzene rings is 2. The molecule has 0 aliphatic rings. The highest BCUT2D eigenvalue weighted by Gasteiger charge is 2.18. The Morgan fingerprint density at radius 2 is 1.71 bits per heavy atom. The van der Waals surface area contributed by atoms with Crippen LogP contribution in [-0.2, 0) is 11.2 Å². The van der Waals surface area contributed by atoms with E-state index in [1.54, 1.807) is 18.2 Å². The molecule has 4 aromatic rings. The molecule has 0 saturated heterocycles. The van der Waals surface area contributed by atoms with Crippen molar-refractivity contribution in [2.75, 3.05) is 5.32 Å². The quantitative estimate of drug-likeness (QED) is 0.462. The number of anilines is 1. The molecule has 0 atom stereocenters. The van der Waals surface area contributed by atoms with Crippen molar-refractivity contribution >= 4 is 40.6 Å². The van der Waals surface area contributed by atoms with E-state index in [1.807, 2.05) is 60.0 Å². The maximum absolute atomic E-state index is 12.8. The molecule has 0 spiro atoms. The second-order valence-corrected chi connectivity index (χ2v) is 7.35. The van der Waals surface area contributed by atoms with Gasteiger partial charge in [-0.25, -0.2) is 4.98 Å². The van der Waals surface area contributed by atoms with Gasteiger partial charge in [0, 0.05) is 21.8 Å². The summed E-state index contributed by atoms with van der Waals surface area (Å²) in [7, 11) is 0. The number of hydrogen-bond donors (Lipinski definition) is 1. The van der Waals surface area contributed by atoms with Gasteiger partial charge in [0.05, 0.1) is 6.42 Å². The summed E-state index contributed by atoms with van der Waals surface area (Å²) in [5.41, 5.74) is 4.07. The molecule has 4 nitrogen and oxygen atoms in total. The molecule has 0 saturated carbocycles. The lowest BCUT2D eigenvalue weighted by Gasteiger charge is -2.10. The van der Waals surface area contributed by atoms with Crippen molar-refractivity contribution in [1.29, 1.82) is 0 Å². The average molecular weight is 410 g/mol. The van der Waals surface area contributed by atoms with Crippen LogP contribution in [0, 0.1) is 6.92 Å². The molecule has 0 aliphatic carbocycles. The zero-order valence-electron chi connectivity index (χ0n) is 15.1. The summed E-state index contributed by atoms with van der Waals surface area (Å²) in [4.78, 5) is 17.5. The lowest BCUT2D eigenvalue weighted by atomic mass is 10.1. The van der Waals surface area contributed by atoms with Gasteiger partial charge in [0.1, 0.15) is 17.2 Å². The number of aryl methyl sites for hydroxylation is 1. The molecule has 0 unspecified atom stereocenters. The Bertz CT molecular complexity index is 1150. The SMILES string of the molecule is Cc1ccc2nc(-c3ccccc3)c(NC(=O)Cc3c(Cl)cccc3Cl)n2c1. The summed E-state index contributed by atoms with van der Waals surface area (Å²) >= 11 is 12.4. The largest absolute Gasteiger partial charge is 0.310 e. The van der Waals surface area contributed by atoms with E-state index in [9.17, 15) is 4.79 Å². The van der Waals surface area contributed by atoms with Crippen LogP contribution in [0.2, 0.25) is 10.0 Å². The number of fused-ring (bicyclic) bond motifs is 1. The Morgan fingerprint density at radius 3 is 2.43 bits per heavy atom. The van der Waals surface area contributed by atoms with Gasteiger partial charge in [0.15, 0.2) is 0 Å². The first kappa shape index (κ1) is 18.5. The van der Waals surface area contributed by atoms with Crippen LogP contribution in [0.5, 0.6) is 0 Å². The second-order valence-electron chi connectivity index (χ2n) is 6.53. The molecule has 0 bridgehead atoms. The highest BCUT2D eigenvalue weighted by atomic mass is 35.5. The minimum atomic E-state index is -0.213. The maximum Gasteiger partial charge on any atom is 0.230 e. The van der Waals surface area contributed by atoms with E-state index < -0.39 is 0 Å². The van der Waals surface area contributed by atoms with E-state index in [1.165, 1.54) is 0 Å². The lowest BCUT2D eigenvalue weighted by molar-refractivity contribution is -0.115. The zero-order chi connectivity index (χ0) is 19.7. The summed E-state index contributed by atoms with van der Waals surface area (Å²) in [5, 5.41) is 3.95. The van der Waals surface area contributed by atoms with Crippen molar-refractivity contribution in [3.05, 3.63) is 88.0 Å². The van der Waals surface area contributed by atoms with Gasteiger partial charge < -0.3 is 5.32 Å². The van der Waals surface area contributed by atoms with Gasteiger partial charge in [0.2, 0.25) is 5.91 Å². The number of rotatable bonds is 4. The number of amides is 1. The van der Waals surface area contributed by atoms with Crippen LogP contribution in [0.1, 0.15) is 11.1 Å². The fourth-order valence-corrected chi connectivity index (χ4v) is 3.64. The number of carbonyl (C=O) groups excluding carboxylic acids is 1. The molecular weight excluding hydrogens is 393 g/mol. The molecule has 2 aromatic carbocycles. The van der Waals surface area contributed by atoms with Crippen molar-refractivity contribution < 1.29 is 4.79 Å². The van der Waals surface area contributed by atoms with Gasteiger partial charge in [0.25, 0.3) is 0 Å². The molecule has 4 rings (SSSR count). The molecular formula is C22H17Cl2N3O. The van der Waals surface area contributed by atoms with Crippen molar-refractivity contribution in [3.63, 3.8) is 0 Å². The third-order valence-electron chi connectivity index (χ3n) is 4.47. The Balaban J connectivity index is 1.75. The maximum atomic E-state index is 12.8. The van der Waals surface area contributed by atoms with Gasteiger partial charge >= 0.3 is 0 Å². The van der Waals surface area contributed by atoms with Crippen molar-refractivity contribution in [2.24, 2.45) is 0 Å². The molecule has 0 aliphatic heterocycles. The predicted molar refractivity (Wildman–Crippen MR) is 114 cm³/mol. The van der Waals surface area contributed by atoms with Crippen LogP contribution in [0.4, 0.5) is 5.82 Å². The third-order valence-corrected chi connectivity index (χ3v) is 5.18. The van der Waals surface area contributed by atoms with E-state index in [0.29, 0.717) is 27.1 Å². The smallest absolute Gasteiger partial charge is 0.230 e. The standard InChI is InChI=1S/C22H17Cl2N3O/c1-14-10-11-19-25-21(15-6-3-2-4-7-15)22(27(19)13-14)26-20(28)12-16-17(23)8-5-9-18(16)24/h2-11,13H,12H2,1H3,(H,26,28). The Kier molecular flexibility index (Phi) is 5.07. The fourth-order valence-electron chi connectivity index (χ4n) is 3.11. The number of nitrogens with one attached hydrogen (secondary N) is 1. The van der Waals surface area contributed by atoms with Crippen molar-refractivity contribution in [2.45, 2.75) is 13.3 Å². The van der Waals surface area contributed by atoms with E-state index in [4.69, 9.17) is 28.2 Å². The molecule has 1 amide bonds. The first-order valence-corrected chi connectivity index (χ1v) is 9.55. The zero-order valence-corrected chi connectivity index (χ0v) is 16.6. The minimum Gasteiger partial charge on any atom is -0.310 e. The monoisotopic (exact) mass is 409 g/mol. The average Bonchev–Trinajstić information content (AvgIpc) is 3.03. The number of aromatic nitrogens is 2. The molecule has 0 radical (unpaired) electrons. The molecule has 1 N–H and O–H groups in total. The molecule has 6 heteroatoms. The van der Waals surface area contributed by atoms with Gasteiger partial charge in [-0.1, -0.05) is 65.7 Å². The first-order valence-electron chi connectivity index (χ1n) is 8.80. The number of pyridine rings is 1. The van der Waals surface area contributed by atoms with Gasteiger partial charge in [-0.3, -0.25) is 9.20 Å². The normalized spacial score (nSPS) is 11.0. The van der Waals surface area contributed by atoms with E-state index in [0.717, 1.165) is 16.8 Å². The van der Waals surface area contributed by atoms with E-state index in [-0.39, 0.29) is 12.3 Å². The van der Waals surface area contributed by atoms with Crippen LogP contribution < -0.4 is 5.32 Å². The number of carbonyl (C=O) groups is 1. The number of halogens is 2. The summed E-state index contributed by atoms with van der Waals surface area (Å²) in [6, 6.07) is 18.9. The number of imidazole rings is 1. The van der Waals surface area contributed by atoms with Crippen LogP contribution in [0.15, 0.2) is 66.9 Å². The molecule has 28 heavy (non-hydrogen) atoms. The van der Waals surface area contributed by atoms with E-state index in [2.05, 4.69) is 5.32 Å². The van der Waals surface area contributed by atoms with Crippen molar-refractivity contribution in [1.82, 2.24) is 9.38 Å². The van der Waals surface area contributed by atoms with Crippen LogP contribution in [0.3, 0.4) is 0 Å². The predicted octanol–water partition coefficient (Wildman–Crippen LogP) is 5.80. The summed E-state index contributed by atoms with van der Waals surface area (Å²) in [5.74, 6) is 0.411. The third kappa shape index (κ3) is 3.61. The summed E-state index contributed by atoms with van der Waals surface area (Å²) < 4.78 is 1.89. The second kappa shape index (κ2) is 7.66. The van der Waals surface area contributed by atoms with Crippen molar-refractivity contribution in [3.8, 4) is 11.3 Å². The molecule has 2 heterocycles. The van der Waals surface area contributed by atoms with Gasteiger partial charge in [-0.2, -0.15) is 0 Å². The Morgan fingerprint density at radius 1 is 1.00 bits per heavy atom. The highest BCUT2D eigenvalue weighted by Crippen LogP contribution is 2.30. The number of hydrogen-bond acceptors (Lipinski definition) is 2. The molecule has 2 aromatic heterocycles. The molecule has 0 fully saturated rings. The number of nitrogens with zero attached hydrogens (tertiary/aromatic N) is 2. The van der Waals surface area contributed by atoms with Crippen LogP contribution >= 0.6 is 23.2 Å². The van der Waals surface area contributed by atoms with E-state index >= 15 is 0 Å². The van der Waals surface area contributed by atoms with Gasteiger partial charge in [-0.05, 0) is 36.2 Å². The Hall–Kier alpha value is -2.82. The fraction of sp³-hybridized carbons (Fsp3) is 0.0909.